The molecular weight excluding hydrogens is 287 g/mol. The molecule has 0 bridgehead atoms. The van der Waals surface area contributed by atoms with Crippen LogP contribution in [-0.2, 0) is 6.18 Å². The lowest BCUT2D eigenvalue weighted by atomic mass is 10.1. The van der Waals surface area contributed by atoms with Crippen LogP contribution in [0, 0.1) is 0 Å². The van der Waals surface area contributed by atoms with Gasteiger partial charge in [0.2, 0.25) is 5.56 Å². The molecule has 2 rings (SSSR count). The molecule has 110 valence electrons. The predicted molar refractivity (Wildman–Crippen MR) is 70.9 cm³/mol. The Bertz CT molecular complexity index is 718. The van der Waals surface area contributed by atoms with Crippen molar-refractivity contribution in [2.24, 2.45) is 0 Å². The molecule has 0 spiro atoms. The zero-order chi connectivity index (χ0) is 15.6. The van der Waals surface area contributed by atoms with E-state index in [1.54, 1.807) is 0 Å². The van der Waals surface area contributed by atoms with Crippen LogP contribution in [0.3, 0.4) is 0 Å². The zero-order valence-corrected chi connectivity index (χ0v) is 10.5. The Morgan fingerprint density at radius 1 is 1.19 bits per heavy atom. The molecule has 0 aliphatic carbocycles. The van der Waals surface area contributed by atoms with E-state index in [9.17, 15) is 22.8 Å². The topological polar surface area (TPSA) is 88.0 Å². The van der Waals surface area contributed by atoms with Gasteiger partial charge >= 0.3 is 6.18 Å². The van der Waals surface area contributed by atoms with Gasteiger partial charge in [0.1, 0.15) is 0 Å². The molecule has 1 aromatic heterocycles. The summed E-state index contributed by atoms with van der Waals surface area (Å²) in [6, 6.07) is 5.47. The lowest BCUT2D eigenvalue weighted by Gasteiger charge is -2.12. The highest BCUT2D eigenvalue weighted by Gasteiger charge is 2.33. The summed E-state index contributed by atoms with van der Waals surface area (Å²) in [6.07, 6.45) is -3.44. The van der Waals surface area contributed by atoms with Gasteiger partial charge in [0.25, 0.3) is 5.91 Å². The number of carbonyl (C=O) groups is 1. The quantitative estimate of drug-likeness (QED) is 0.743. The van der Waals surface area contributed by atoms with Gasteiger partial charge in [-0.15, -0.1) is 0 Å². The molecule has 1 aromatic carbocycles. The smallest absolute Gasteiger partial charge is 0.398 e. The zero-order valence-electron chi connectivity index (χ0n) is 10.5. The number of alkyl halides is 3. The number of aromatic amines is 1. The Kier molecular flexibility index (Phi) is 3.70. The summed E-state index contributed by atoms with van der Waals surface area (Å²) in [5.41, 5.74) is 3.48. The minimum absolute atomic E-state index is 0.0484. The van der Waals surface area contributed by atoms with Gasteiger partial charge in [-0.1, -0.05) is 0 Å². The first-order chi connectivity index (χ1) is 9.77. The van der Waals surface area contributed by atoms with Crippen LogP contribution in [0.4, 0.5) is 24.5 Å². The Morgan fingerprint density at radius 2 is 1.90 bits per heavy atom. The van der Waals surface area contributed by atoms with E-state index in [-0.39, 0.29) is 11.3 Å². The van der Waals surface area contributed by atoms with Crippen molar-refractivity contribution < 1.29 is 18.0 Å². The Morgan fingerprint density at radius 3 is 2.48 bits per heavy atom. The monoisotopic (exact) mass is 297 g/mol. The average molecular weight is 297 g/mol. The van der Waals surface area contributed by atoms with Crippen molar-refractivity contribution in [3.05, 3.63) is 58.0 Å². The van der Waals surface area contributed by atoms with Crippen molar-refractivity contribution >= 4 is 17.3 Å². The number of nitrogens with one attached hydrogen (secondary N) is 2. The molecule has 2 aromatic rings. The second-order valence-electron chi connectivity index (χ2n) is 4.20. The van der Waals surface area contributed by atoms with Crippen LogP contribution in [0.1, 0.15) is 15.9 Å². The number of halogens is 3. The summed E-state index contributed by atoms with van der Waals surface area (Å²) < 4.78 is 38.1. The summed E-state index contributed by atoms with van der Waals surface area (Å²) in [4.78, 5) is 25.0. The first kappa shape index (κ1) is 14.6. The molecule has 4 N–H and O–H groups in total. The number of benzene rings is 1. The lowest BCUT2D eigenvalue weighted by Crippen LogP contribution is -2.16. The van der Waals surface area contributed by atoms with E-state index in [1.165, 1.54) is 18.3 Å². The van der Waals surface area contributed by atoms with Gasteiger partial charge in [-0.05, 0) is 24.3 Å². The first-order valence-corrected chi connectivity index (χ1v) is 5.74. The molecule has 0 aliphatic rings. The largest absolute Gasteiger partial charge is 0.418 e. The standard InChI is InChI=1S/C13H10F3N3O2/c14-13(15,16)9-5-8(2-3-10(9)17)19-12(21)7-1-4-11(20)18-6-7/h1-6H,17H2,(H,18,20)(H,19,21). The van der Waals surface area contributed by atoms with E-state index in [0.717, 1.165) is 18.2 Å². The number of aromatic nitrogens is 1. The number of H-pyrrole nitrogens is 1. The molecule has 1 heterocycles. The van der Waals surface area contributed by atoms with Crippen LogP contribution >= 0.6 is 0 Å². The van der Waals surface area contributed by atoms with E-state index >= 15 is 0 Å². The highest BCUT2D eigenvalue weighted by molar-refractivity contribution is 6.04. The summed E-state index contributed by atoms with van der Waals surface area (Å²) in [5.74, 6) is -0.649. The van der Waals surface area contributed by atoms with Crippen molar-refractivity contribution in [3.63, 3.8) is 0 Å². The normalized spacial score (nSPS) is 11.2. The third kappa shape index (κ3) is 3.41. The maximum Gasteiger partial charge on any atom is 0.418 e. The number of carbonyl (C=O) groups excluding carboxylic acids is 1. The molecule has 5 nitrogen and oxygen atoms in total. The average Bonchev–Trinajstić information content (AvgIpc) is 2.40. The van der Waals surface area contributed by atoms with Crippen LogP contribution in [0.2, 0.25) is 0 Å². The van der Waals surface area contributed by atoms with Crippen LogP contribution in [0.25, 0.3) is 0 Å². The molecule has 0 saturated heterocycles. The van der Waals surface area contributed by atoms with Gasteiger partial charge in [0.15, 0.2) is 0 Å². The highest BCUT2D eigenvalue weighted by Crippen LogP contribution is 2.35. The Balaban J connectivity index is 2.26. The number of pyridine rings is 1. The SMILES string of the molecule is Nc1ccc(NC(=O)c2ccc(=O)[nH]c2)cc1C(F)(F)F. The Labute approximate surface area is 116 Å². The van der Waals surface area contributed by atoms with E-state index in [2.05, 4.69) is 10.3 Å². The van der Waals surface area contributed by atoms with Gasteiger partial charge in [0, 0.05) is 23.6 Å². The second kappa shape index (κ2) is 5.31. The highest BCUT2D eigenvalue weighted by atomic mass is 19.4. The number of nitrogens with two attached hydrogens (primary N) is 1. The lowest BCUT2D eigenvalue weighted by molar-refractivity contribution is -0.136. The van der Waals surface area contributed by atoms with E-state index in [0.29, 0.717) is 0 Å². The van der Waals surface area contributed by atoms with E-state index in [1.807, 2.05) is 0 Å². The van der Waals surface area contributed by atoms with Crippen LogP contribution in [0.15, 0.2) is 41.3 Å². The summed E-state index contributed by atoms with van der Waals surface area (Å²) in [7, 11) is 0. The number of anilines is 2. The van der Waals surface area contributed by atoms with Crippen LogP contribution in [0.5, 0.6) is 0 Å². The van der Waals surface area contributed by atoms with Gasteiger partial charge in [-0.2, -0.15) is 13.2 Å². The fraction of sp³-hybridized carbons (Fsp3) is 0.0769. The molecule has 1 amide bonds. The van der Waals surface area contributed by atoms with Crippen molar-refractivity contribution in [2.75, 3.05) is 11.1 Å². The summed E-state index contributed by atoms with van der Waals surface area (Å²) >= 11 is 0. The number of rotatable bonds is 2. The molecule has 21 heavy (non-hydrogen) atoms. The van der Waals surface area contributed by atoms with Gasteiger partial charge < -0.3 is 16.0 Å². The molecule has 0 saturated carbocycles. The minimum atomic E-state index is -4.61. The van der Waals surface area contributed by atoms with E-state index < -0.39 is 28.9 Å². The number of hydrogen-bond donors (Lipinski definition) is 3. The van der Waals surface area contributed by atoms with Crippen molar-refractivity contribution in [1.82, 2.24) is 4.98 Å². The maximum absolute atomic E-state index is 12.7. The van der Waals surface area contributed by atoms with Crippen molar-refractivity contribution in [2.45, 2.75) is 6.18 Å². The van der Waals surface area contributed by atoms with Crippen molar-refractivity contribution in [3.8, 4) is 0 Å². The van der Waals surface area contributed by atoms with Gasteiger partial charge in [-0.25, -0.2) is 0 Å². The molecule has 8 heteroatoms. The maximum atomic E-state index is 12.7. The molecule has 0 unspecified atom stereocenters. The number of hydrogen-bond acceptors (Lipinski definition) is 3. The second-order valence-corrected chi connectivity index (χ2v) is 4.20. The molecule has 0 radical (unpaired) electrons. The molecular formula is C13H10F3N3O2. The summed E-state index contributed by atoms with van der Waals surface area (Å²) in [6.45, 7) is 0. The van der Waals surface area contributed by atoms with Gasteiger partial charge in [-0.3, -0.25) is 9.59 Å². The molecule has 0 aliphatic heterocycles. The summed E-state index contributed by atoms with van der Waals surface area (Å²) in [5, 5.41) is 2.30. The fourth-order valence-corrected chi connectivity index (χ4v) is 1.63. The molecule has 0 fully saturated rings. The third-order valence-corrected chi connectivity index (χ3v) is 2.66. The van der Waals surface area contributed by atoms with Crippen molar-refractivity contribution in [1.29, 1.82) is 0 Å². The van der Waals surface area contributed by atoms with Crippen LogP contribution in [-0.4, -0.2) is 10.9 Å². The number of amides is 1. The fourth-order valence-electron chi connectivity index (χ4n) is 1.63. The first-order valence-electron chi connectivity index (χ1n) is 5.74. The minimum Gasteiger partial charge on any atom is -0.398 e. The molecule has 0 atom stereocenters. The third-order valence-electron chi connectivity index (χ3n) is 2.66. The van der Waals surface area contributed by atoms with Gasteiger partial charge in [0.05, 0.1) is 11.1 Å². The predicted octanol–water partition coefficient (Wildman–Crippen LogP) is 2.23. The van der Waals surface area contributed by atoms with Crippen LogP contribution < -0.4 is 16.6 Å². The van der Waals surface area contributed by atoms with E-state index in [4.69, 9.17) is 5.73 Å². The number of nitrogen functional groups attached to an aromatic ring is 1. The Hall–Kier alpha value is -2.77.